The molecule has 4 aromatic rings. The summed E-state index contributed by atoms with van der Waals surface area (Å²) in [5, 5.41) is 9.64. The van der Waals surface area contributed by atoms with Crippen molar-refractivity contribution < 1.29 is 9.53 Å². The number of hydrogen-bond acceptors (Lipinski definition) is 8. The van der Waals surface area contributed by atoms with Crippen LogP contribution in [0.4, 0.5) is 0 Å². The second-order valence-electron chi connectivity index (χ2n) is 8.05. The number of benzene rings is 1. The number of Topliss-reactive ketones (excluding diaryl/α,β-unsaturated/α-hetero) is 1. The average Bonchev–Trinajstić information content (AvgIpc) is 3.36. The van der Waals surface area contributed by atoms with Gasteiger partial charge in [0.2, 0.25) is 0 Å². The van der Waals surface area contributed by atoms with Gasteiger partial charge in [0.25, 0.3) is 0 Å². The molecule has 7 nitrogen and oxygen atoms in total. The molecule has 0 saturated carbocycles. The Kier molecular flexibility index (Phi) is 5.87. The molecule has 8 heteroatoms. The number of ketones is 1. The Labute approximate surface area is 190 Å². The van der Waals surface area contributed by atoms with E-state index in [1.165, 1.54) is 11.3 Å². The van der Waals surface area contributed by atoms with Gasteiger partial charge in [0, 0.05) is 30.2 Å². The maximum atomic E-state index is 12.8. The molecule has 1 aromatic carbocycles. The molecule has 1 aliphatic rings. The van der Waals surface area contributed by atoms with E-state index >= 15 is 0 Å². The van der Waals surface area contributed by atoms with E-state index < -0.39 is 0 Å². The number of rotatable bonds is 6. The van der Waals surface area contributed by atoms with Crippen LogP contribution in [0.3, 0.4) is 0 Å². The van der Waals surface area contributed by atoms with Gasteiger partial charge in [0.05, 0.1) is 17.6 Å². The van der Waals surface area contributed by atoms with Gasteiger partial charge >= 0.3 is 0 Å². The SMILES string of the molecule is CN1CCC(Oc2ccc(C(=O)Cc3cc4nc(-c5nncs5)ccc4cn3)cc2)CC1. The number of fused-ring (bicyclic) bond motifs is 1. The first-order valence-electron chi connectivity index (χ1n) is 10.6. The summed E-state index contributed by atoms with van der Waals surface area (Å²) in [6.07, 6.45) is 4.27. The molecule has 0 unspecified atom stereocenters. The molecule has 0 radical (unpaired) electrons. The maximum absolute atomic E-state index is 12.8. The second-order valence-corrected chi connectivity index (χ2v) is 8.89. The van der Waals surface area contributed by atoms with Gasteiger partial charge in [0.1, 0.15) is 23.1 Å². The average molecular weight is 446 g/mol. The molecule has 0 bridgehead atoms. The largest absolute Gasteiger partial charge is 0.490 e. The van der Waals surface area contributed by atoms with Crippen LogP contribution in [0.2, 0.25) is 0 Å². The Morgan fingerprint density at radius 3 is 2.72 bits per heavy atom. The molecule has 1 fully saturated rings. The number of carbonyl (C=O) groups excluding carboxylic acids is 1. The summed E-state index contributed by atoms with van der Waals surface area (Å²) in [6.45, 7) is 2.11. The highest BCUT2D eigenvalue weighted by Crippen LogP contribution is 2.23. The second kappa shape index (κ2) is 9.10. The van der Waals surface area contributed by atoms with E-state index in [1.807, 2.05) is 42.5 Å². The van der Waals surface area contributed by atoms with E-state index in [0.29, 0.717) is 11.3 Å². The van der Waals surface area contributed by atoms with Crippen molar-refractivity contribution in [1.29, 1.82) is 0 Å². The summed E-state index contributed by atoms with van der Waals surface area (Å²) in [5.41, 5.74) is 4.58. The predicted molar refractivity (Wildman–Crippen MR) is 124 cm³/mol. The smallest absolute Gasteiger partial charge is 0.168 e. The van der Waals surface area contributed by atoms with E-state index in [0.717, 1.165) is 53.3 Å². The lowest BCUT2D eigenvalue weighted by atomic mass is 10.1. The first kappa shape index (κ1) is 20.7. The molecule has 0 spiro atoms. The fourth-order valence-electron chi connectivity index (χ4n) is 3.84. The number of hydrogen-bond donors (Lipinski definition) is 0. The Morgan fingerprint density at radius 1 is 1.16 bits per heavy atom. The van der Waals surface area contributed by atoms with Gasteiger partial charge in [0.15, 0.2) is 10.8 Å². The van der Waals surface area contributed by atoms with Crippen molar-refractivity contribution in [3.05, 3.63) is 65.4 Å². The van der Waals surface area contributed by atoms with Crippen molar-refractivity contribution in [2.24, 2.45) is 0 Å². The van der Waals surface area contributed by atoms with Gasteiger partial charge in [-0.1, -0.05) is 11.3 Å². The normalized spacial score (nSPS) is 15.2. The van der Waals surface area contributed by atoms with Crippen LogP contribution in [0.25, 0.3) is 21.6 Å². The lowest BCUT2D eigenvalue weighted by molar-refractivity contribution is 0.0991. The van der Waals surface area contributed by atoms with Gasteiger partial charge in [-0.05, 0) is 62.4 Å². The van der Waals surface area contributed by atoms with E-state index in [-0.39, 0.29) is 18.3 Å². The topological polar surface area (TPSA) is 81.1 Å². The highest BCUT2D eigenvalue weighted by Gasteiger charge is 2.18. The molecule has 0 amide bonds. The van der Waals surface area contributed by atoms with Gasteiger partial charge in [-0.3, -0.25) is 9.78 Å². The van der Waals surface area contributed by atoms with Crippen LogP contribution in [0.15, 0.2) is 54.2 Å². The number of carbonyl (C=O) groups is 1. The van der Waals surface area contributed by atoms with Crippen LogP contribution in [-0.4, -0.2) is 57.1 Å². The molecule has 1 saturated heterocycles. The number of likely N-dealkylation sites (tertiary alicyclic amines) is 1. The number of aromatic nitrogens is 4. The molecule has 0 aliphatic carbocycles. The fraction of sp³-hybridized carbons (Fsp3) is 0.292. The molecule has 4 heterocycles. The third-order valence-corrected chi connectivity index (χ3v) is 6.41. The van der Waals surface area contributed by atoms with Crippen molar-refractivity contribution in [2.45, 2.75) is 25.4 Å². The van der Waals surface area contributed by atoms with Crippen LogP contribution in [0.1, 0.15) is 28.9 Å². The third-order valence-electron chi connectivity index (χ3n) is 5.70. The summed E-state index contributed by atoms with van der Waals surface area (Å²) in [7, 11) is 2.13. The van der Waals surface area contributed by atoms with Crippen molar-refractivity contribution in [1.82, 2.24) is 25.1 Å². The van der Waals surface area contributed by atoms with Crippen LogP contribution in [-0.2, 0) is 6.42 Å². The minimum atomic E-state index is 0.0166. The predicted octanol–water partition coefficient (Wildman–Crippen LogP) is 4.05. The summed E-state index contributed by atoms with van der Waals surface area (Å²) in [5.74, 6) is 0.830. The first-order valence-corrected chi connectivity index (χ1v) is 11.5. The Bertz CT molecular complexity index is 1220. The zero-order valence-electron chi connectivity index (χ0n) is 17.8. The zero-order chi connectivity index (χ0) is 21.9. The Morgan fingerprint density at radius 2 is 1.97 bits per heavy atom. The first-order chi connectivity index (χ1) is 15.6. The molecular formula is C24H23N5O2S. The van der Waals surface area contributed by atoms with Gasteiger partial charge < -0.3 is 9.64 Å². The minimum Gasteiger partial charge on any atom is -0.490 e. The van der Waals surface area contributed by atoms with E-state index in [4.69, 9.17) is 4.74 Å². The zero-order valence-corrected chi connectivity index (χ0v) is 18.6. The Balaban J connectivity index is 1.26. The lowest BCUT2D eigenvalue weighted by Crippen LogP contribution is -2.35. The fourth-order valence-corrected chi connectivity index (χ4v) is 4.36. The number of piperidine rings is 1. The Hall–Kier alpha value is -3.23. The van der Waals surface area contributed by atoms with E-state index in [1.54, 1.807) is 11.7 Å². The quantitative estimate of drug-likeness (QED) is 0.414. The highest BCUT2D eigenvalue weighted by molar-refractivity contribution is 7.12. The molecule has 162 valence electrons. The number of pyridine rings is 2. The van der Waals surface area contributed by atoms with Crippen LogP contribution in [0.5, 0.6) is 5.75 Å². The molecule has 5 rings (SSSR count). The van der Waals surface area contributed by atoms with Crippen molar-refractivity contribution in [2.75, 3.05) is 20.1 Å². The van der Waals surface area contributed by atoms with Crippen molar-refractivity contribution in [3.8, 4) is 16.5 Å². The number of nitrogens with zero attached hydrogens (tertiary/aromatic N) is 5. The number of ether oxygens (including phenoxy) is 1. The molecule has 0 atom stereocenters. The summed E-state index contributed by atoms with van der Waals surface area (Å²) < 4.78 is 6.08. The summed E-state index contributed by atoms with van der Waals surface area (Å²) in [6, 6.07) is 13.2. The van der Waals surface area contributed by atoms with Crippen LogP contribution < -0.4 is 4.74 Å². The molecule has 3 aromatic heterocycles. The van der Waals surface area contributed by atoms with Crippen LogP contribution in [0, 0.1) is 0 Å². The monoisotopic (exact) mass is 445 g/mol. The standard InChI is InChI=1S/C24H23N5O2S/c1-29-10-8-20(9-11-29)31-19-5-2-16(3-6-19)23(30)13-18-12-22-17(14-25-18)4-7-21(27-22)24-28-26-15-32-24/h2-7,12,14-15,20H,8-11,13H2,1H3. The summed E-state index contributed by atoms with van der Waals surface area (Å²) >= 11 is 1.44. The third kappa shape index (κ3) is 4.66. The van der Waals surface area contributed by atoms with Gasteiger partial charge in [-0.15, -0.1) is 10.2 Å². The van der Waals surface area contributed by atoms with Gasteiger partial charge in [-0.2, -0.15) is 0 Å². The summed E-state index contributed by atoms with van der Waals surface area (Å²) in [4.78, 5) is 24.3. The molecular weight excluding hydrogens is 422 g/mol. The van der Waals surface area contributed by atoms with Crippen molar-refractivity contribution >= 4 is 28.0 Å². The van der Waals surface area contributed by atoms with E-state index in [2.05, 4.69) is 32.1 Å². The van der Waals surface area contributed by atoms with E-state index in [9.17, 15) is 4.79 Å². The molecule has 0 N–H and O–H groups in total. The van der Waals surface area contributed by atoms with Gasteiger partial charge in [-0.25, -0.2) is 4.98 Å². The van der Waals surface area contributed by atoms with Crippen LogP contribution >= 0.6 is 11.3 Å². The molecule has 1 aliphatic heterocycles. The maximum Gasteiger partial charge on any atom is 0.168 e. The minimum absolute atomic E-state index is 0.0166. The van der Waals surface area contributed by atoms with Crippen molar-refractivity contribution in [3.63, 3.8) is 0 Å². The highest BCUT2D eigenvalue weighted by atomic mass is 32.1. The lowest BCUT2D eigenvalue weighted by Gasteiger charge is -2.29. The molecule has 32 heavy (non-hydrogen) atoms.